The van der Waals surface area contributed by atoms with Crippen molar-refractivity contribution in [3.8, 4) is 11.6 Å². The molecule has 3 aromatic rings. The van der Waals surface area contributed by atoms with Gasteiger partial charge in [-0.2, -0.15) is 0 Å². The minimum absolute atomic E-state index is 0.493. The molecule has 5 heteroatoms. The zero-order valence-corrected chi connectivity index (χ0v) is 13.2. The third-order valence-electron chi connectivity index (χ3n) is 3.89. The third kappa shape index (κ3) is 2.12. The molecular formula is C18H16N4O. The van der Waals surface area contributed by atoms with Crippen LogP contribution in [0.1, 0.15) is 16.7 Å². The summed E-state index contributed by atoms with van der Waals surface area (Å²) in [7, 11) is 0. The van der Waals surface area contributed by atoms with Gasteiger partial charge in [0.15, 0.2) is 11.6 Å². The summed E-state index contributed by atoms with van der Waals surface area (Å²) < 4.78 is 5.85. The van der Waals surface area contributed by atoms with Gasteiger partial charge in [0, 0.05) is 18.6 Å². The Hall–Kier alpha value is -2.95. The number of benzene rings is 1. The summed E-state index contributed by atoms with van der Waals surface area (Å²) in [6.07, 6.45) is 5.06. The number of anilines is 3. The van der Waals surface area contributed by atoms with E-state index in [1.54, 1.807) is 18.6 Å². The maximum absolute atomic E-state index is 5.85. The molecule has 114 valence electrons. The predicted octanol–water partition coefficient (Wildman–Crippen LogP) is 4.37. The molecule has 1 aliphatic heterocycles. The van der Waals surface area contributed by atoms with E-state index in [-0.39, 0.29) is 0 Å². The van der Waals surface area contributed by atoms with Crippen LogP contribution in [-0.4, -0.2) is 15.0 Å². The maximum Gasteiger partial charge on any atom is 0.264 e. The quantitative estimate of drug-likeness (QED) is 0.522. The molecule has 1 aromatic carbocycles. The minimum Gasteiger partial charge on any atom is -0.432 e. The number of aromatic nitrogens is 3. The fourth-order valence-corrected chi connectivity index (χ4v) is 3.11. The number of hydrogen-bond acceptors (Lipinski definition) is 5. The van der Waals surface area contributed by atoms with E-state index in [9.17, 15) is 0 Å². The average molecular weight is 304 g/mol. The fourth-order valence-electron chi connectivity index (χ4n) is 3.11. The van der Waals surface area contributed by atoms with Crippen LogP contribution in [0.5, 0.6) is 11.6 Å². The smallest absolute Gasteiger partial charge is 0.264 e. The highest BCUT2D eigenvalue weighted by molar-refractivity contribution is 5.83. The van der Waals surface area contributed by atoms with Crippen LogP contribution in [0.25, 0.3) is 0 Å². The second kappa shape index (κ2) is 5.05. The molecule has 3 heterocycles. The maximum atomic E-state index is 5.85. The minimum atomic E-state index is 0.493. The first-order chi connectivity index (χ1) is 11.1. The van der Waals surface area contributed by atoms with Crippen LogP contribution in [0.3, 0.4) is 0 Å². The Bertz CT molecular complexity index is 839. The van der Waals surface area contributed by atoms with Crippen LogP contribution in [0.2, 0.25) is 0 Å². The van der Waals surface area contributed by atoms with Crippen molar-refractivity contribution in [3.05, 3.63) is 59.5 Å². The first kappa shape index (κ1) is 13.7. The topological polar surface area (TPSA) is 51.1 Å². The number of aryl methyl sites for hydroxylation is 3. The molecule has 4 rings (SSSR count). The van der Waals surface area contributed by atoms with Gasteiger partial charge >= 0.3 is 0 Å². The van der Waals surface area contributed by atoms with Gasteiger partial charge in [-0.3, -0.25) is 4.90 Å². The number of fused-ring (bicyclic) bond motifs is 2. The van der Waals surface area contributed by atoms with E-state index in [0.29, 0.717) is 17.4 Å². The average Bonchev–Trinajstić information content (AvgIpc) is 2.53. The van der Waals surface area contributed by atoms with Crippen LogP contribution in [0, 0.1) is 20.8 Å². The SMILES string of the molecule is Cc1cc(C)c(N2c3ncccc3Oc3nccnc32)c(C)c1. The van der Waals surface area contributed by atoms with Gasteiger partial charge in [-0.15, -0.1) is 0 Å². The van der Waals surface area contributed by atoms with Crippen LogP contribution >= 0.6 is 0 Å². The Morgan fingerprint density at radius 1 is 0.870 bits per heavy atom. The number of ether oxygens (including phenoxy) is 1. The van der Waals surface area contributed by atoms with E-state index < -0.39 is 0 Å². The largest absolute Gasteiger partial charge is 0.432 e. The Morgan fingerprint density at radius 2 is 1.57 bits per heavy atom. The van der Waals surface area contributed by atoms with Crippen molar-refractivity contribution in [1.82, 2.24) is 15.0 Å². The van der Waals surface area contributed by atoms with E-state index in [2.05, 4.69) is 47.9 Å². The predicted molar refractivity (Wildman–Crippen MR) is 88.8 cm³/mol. The van der Waals surface area contributed by atoms with E-state index in [1.807, 2.05) is 17.0 Å². The van der Waals surface area contributed by atoms with E-state index in [4.69, 9.17) is 4.74 Å². The van der Waals surface area contributed by atoms with Gasteiger partial charge in [-0.05, 0) is 44.0 Å². The Balaban J connectivity index is 2.02. The normalized spacial score (nSPS) is 12.4. The summed E-state index contributed by atoms with van der Waals surface area (Å²) in [6, 6.07) is 8.08. The molecule has 0 saturated carbocycles. The van der Waals surface area contributed by atoms with E-state index in [0.717, 1.165) is 22.6 Å². The van der Waals surface area contributed by atoms with Gasteiger partial charge in [0.05, 0.1) is 5.69 Å². The first-order valence-electron chi connectivity index (χ1n) is 7.47. The third-order valence-corrected chi connectivity index (χ3v) is 3.89. The summed E-state index contributed by atoms with van der Waals surface area (Å²) >= 11 is 0. The Kier molecular flexibility index (Phi) is 3.01. The molecule has 0 spiro atoms. The molecule has 1 aliphatic rings. The molecule has 0 aliphatic carbocycles. The Morgan fingerprint density at radius 3 is 2.35 bits per heavy atom. The monoisotopic (exact) mass is 304 g/mol. The summed E-state index contributed by atoms with van der Waals surface area (Å²) in [4.78, 5) is 15.3. The first-order valence-corrected chi connectivity index (χ1v) is 7.47. The summed E-state index contributed by atoms with van der Waals surface area (Å²) in [5, 5.41) is 0. The lowest BCUT2D eigenvalue weighted by Crippen LogP contribution is -2.20. The number of rotatable bonds is 1. The fraction of sp³-hybridized carbons (Fsp3) is 0.167. The highest BCUT2D eigenvalue weighted by atomic mass is 16.5. The molecule has 0 atom stereocenters. The lowest BCUT2D eigenvalue weighted by atomic mass is 10.0. The molecule has 0 bridgehead atoms. The van der Waals surface area contributed by atoms with Crippen molar-refractivity contribution in [2.45, 2.75) is 20.8 Å². The molecule has 0 unspecified atom stereocenters. The Labute approximate surface area is 134 Å². The number of nitrogens with zero attached hydrogens (tertiary/aromatic N) is 4. The number of pyridine rings is 1. The molecular weight excluding hydrogens is 288 g/mol. The number of hydrogen-bond donors (Lipinski definition) is 0. The second-order valence-electron chi connectivity index (χ2n) is 5.70. The zero-order chi connectivity index (χ0) is 16.0. The lowest BCUT2D eigenvalue weighted by Gasteiger charge is -2.31. The summed E-state index contributed by atoms with van der Waals surface area (Å²) in [5.41, 5.74) is 4.63. The molecule has 0 saturated heterocycles. The van der Waals surface area contributed by atoms with E-state index in [1.165, 1.54) is 5.56 Å². The van der Waals surface area contributed by atoms with Gasteiger partial charge in [0.25, 0.3) is 5.88 Å². The van der Waals surface area contributed by atoms with Crippen molar-refractivity contribution < 1.29 is 4.74 Å². The van der Waals surface area contributed by atoms with Gasteiger partial charge in [0.2, 0.25) is 5.82 Å². The molecule has 0 amide bonds. The molecule has 0 radical (unpaired) electrons. The molecule has 2 aromatic heterocycles. The van der Waals surface area contributed by atoms with Crippen molar-refractivity contribution in [3.63, 3.8) is 0 Å². The highest BCUT2D eigenvalue weighted by Crippen LogP contribution is 2.48. The molecule has 0 fully saturated rings. The van der Waals surface area contributed by atoms with Gasteiger partial charge < -0.3 is 4.74 Å². The van der Waals surface area contributed by atoms with Crippen molar-refractivity contribution in [2.24, 2.45) is 0 Å². The highest BCUT2D eigenvalue weighted by Gasteiger charge is 2.30. The molecule has 0 N–H and O–H groups in total. The van der Waals surface area contributed by atoms with Gasteiger partial charge in [-0.25, -0.2) is 15.0 Å². The van der Waals surface area contributed by atoms with Crippen LogP contribution in [0.15, 0.2) is 42.9 Å². The van der Waals surface area contributed by atoms with E-state index >= 15 is 0 Å². The van der Waals surface area contributed by atoms with Crippen molar-refractivity contribution in [1.29, 1.82) is 0 Å². The summed E-state index contributed by atoms with van der Waals surface area (Å²) in [5.74, 6) is 2.57. The van der Waals surface area contributed by atoms with Gasteiger partial charge in [0.1, 0.15) is 0 Å². The zero-order valence-electron chi connectivity index (χ0n) is 13.2. The molecule has 23 heavy (non-hydrogen) atoms. The second-order valence-corrected chi connectivity index (χ2v) is 5.70. The van der Waals surface area contributed by atoms with Gasteiger partial charge in [-0.1, -0.05) is 17.7 Å². The van der Waals surface area contributed by atoms with Crippen molar-refractivity contribution >= 4 is 17.3 Å². The van der Waals surface area contributed by atoms with Crippen LogP contribution in [0.4, 0.5) is 17.3 Å². The van der Waals surface area contributed by atoms with Crippen LogP contribution in [-0.2, 0) is 0 Å². The van der Waals surface area contributed by atoms with Crippen molar-refractivity contribution in [2.75, 3.05) is 4.90 Å². The summed E-state index contributed by atoms with van der Waals surface area (Å²) in [6.45, 7) is 6.30. The lowest BCUT2D eigenvalue weighted by molar-refractivity contribution is 0.451. The van der Waals surface area contributed by atoms with Crippen LogP contribution < -0.4 is 9.64 Å². The molecule has 5 nitrogen and oxygen atoms in total. The standard InChI is InChI=1S/C18H16N4O/c1-11-9-12(2)15(13(3)10-11)22-16-14(5-4-6-19-16)23-18-17(22)20-7-8-21-18/h4-10H,1-3H3.